The van der Waals surface area contributed by atoms with Crippen LogP contribution in [0.25, 0.3) is 0 Å². The minimum atomic E-state index is -1.07. The average Bonchev–Trinajstić information content (AvgIpc) is 2.52. The van der Waals surface area contributed by atoms with Crippen LogP contribution < -0.4 is 0 Å². The number of aliphatic hydroxyl groups excluding tert-OH is 3. The summed E-state index contributed by atoms with van der Waals surface area (Å²) in [6, 6.07) is 0. The Morgan fingerprint density at radius 3 is 2.47 bits per heavy atom. The standard InChI is InChI=1S/C10H20O5/c1-2-3-4-5-14-10-9(13)8(12)7(6-11)15-10/h7-13H,2-6H2,1H3/t7-,8-,9-,10+/m1/s1. The van der Waals surface area contributed by atoms with Crippen LogP contribution in [0.1, 0.15) is 26.2 Å². The molecular formula is C10H20O5. The van der Waals surface area contributed by atoms with Crippen molar-refractivity contribution in [3.8, 4) is 0 Å². The zero-order valence-electron chi connectivity index (χ0n) is 9.00. The molecule has 0 aromatic rings. The number of hydrogen-bond donors (Lipinski definition) is 3. The van der Waals surface area contributed by atoms with Crippen molar-refractivity contribution >= 4 is 0 Å². The van der Waals surface area contributed by atoms with E-state index in [2.05, 4.69) is 6.92 Å². The van der Waals surface area contributed by atoms with Gasteiger partial charge in [-0.1, -0.05) is 19.8 Å². The number of aliphatic hydroxyl groups is 3. The van der Waals surface area contributed by atoms with Gasteiger partial charge in [0.25, 0.3) is 0 Å². The quantitative estimate of drug-likeness (QED) is 0.532. The molecule has 1 aliphatic rings. The Morgan fingerprint density at radius 1 is 1.20 bits per heavy atom. The first-order chi connectivity index (χ1) is 7.20. The van der Waals surface area contributed by atoms with Crippen LogP contribution in [-0.2, 0) is 9.47 Å². The summed E-state index contributed by atoms with van der Waals surface area (Å²) in [5.74, 6) is 0. The highest BCUT2D eigenvalue weighted by atomic mass is 16.7. The largest absolute Gasteiger partial charge is 0.394 e. The van der Waals surface area contributed by atoms with Crippen molar-refractivity contribution in [3.63, 3.8) is 0 Å². The molecule has 0 aliphatic carbocycles. The maximum absolute atomic E-state index is 9.50. The molecule has 0 aromatic carbocycles. The van der Waals surface area contributed by atoms with E-state index in [0.717, 1.165) is 19.3 Å². The Kier molecular flexibility index (Phi) is 5.49. The molecule has 90 valence electrons. The fourth-order valence-corrected chi connectivity index (χ4v) is 1.55. The molecule has 1 saturated heterocycles. The second-order valence-corrected chi connectivity index (χ2v) is 3.78. The van der Waals surface area contributed by atoms with Gasteiger partial charge in [-0.3, -0.25) is 0 Å². The summed E-state index contributed by atoms with van der Waals surface area (Å²) in [7, 11) is 0. The molecular weight excluding hydrogens is 200 g/mol. The lowest BCUT2D eigenvalue weighted by molar-refractivity contribution is -0.169. The number of ether oxygens (including phenoxy) is 2. The van der Waals surface area contributed by atoms with E-state index < -0.39 is 24.6 Å². The predicted octanol–water partition coefficient (Wildman–Crippen LogP) is -0.368. The molecule has 15 heavy (non-hydrogen) atoms. The normalized spacial score (nSPS) is 36.0. The maximum atomic E-state index is 9.50. The van der Waals surface area contributed by atoms with Crippen LogP contribution in [0.4, 0.5) is 0 Å². The summed E-state index contributed by atoms with van der Waals surface area (Å²) >= 11 is 0. The maximum Gasteiger partial charge on any atom is 0.186 e. The Bertz CT molecular complexity index is 175. The molecule has 4 atom stereocenters. The lowest BCUT2D eigenvalue weighted by Gasteiger charge is -2.15. The Labute approximate surface area is 89.6 Å². The Hall–Kier alpha value is -0.200. The van der Waals surface area contributed by atoms with Gasteiger partial charge < -0.3 is 24.8 Å². The van der Waals surface area contributed by atoms with E-state index in [0.29, 0.717) is 6.61 Å². The van der Waals surface area contributed by atoms with Crippen LogP contribution in [0, 0.1) is 0 Å². The molecule has 1 fully saturated rings. The van der Waals surface area contributed by atoms with Gasteiger partial charge in [0.2, 0.25) is 0 Å². The van der Waals surface area contributed by atoms with Crippen LogP contribution in [-0.4, -0.2) is 53.1 Å². The molecule has 1 heterocycles. The smallest absolute Gasteiger partial charge is 0.186 e. The highest BCUT2D eigenvalue weighted by Gasteiger charge is 2.42. The van der Waals surface area contributed by atoms with Gasteiger partial charge in [-0.05, 0) is 6.42 Å². The molecule has 0 unspecified atom stereocenters. The van der Waals surface area contributed by atoms with Gasteiger partial charge in [0.1, 0.15) is 18.3 Å². The minimum Gasteiger partial charge on any atom is -0.394 e. The lowest BCUT2D eigenvalue weighted by atomic mass is 10.1. The molecule has 1 aliphatic heterocycles. The van der Waals surface area contributed by atoms with E-state index in [4.69, 9.17) is 14.6 Å². The topological polar surface area (TPSA) is 79.2 Å². The minimum absolute atomic E-state index is 0.312. The van der Waals surface area contributed by atoms with Crippen LogP contribution >= 0.6 is 0 Å². The van der Waals surface area contributed by atoms with Gasteiger partial charge >= 0.3 is 0 Å². The summed E-state index contributed by atoms with van der Waals surface area (Å²) in [5.41, 5.74) is 0. The van der Waals surface area contributed by atoms with Crippen molar-refractivity contribution in [2.75, 3.05) is 13.2 Å². The fourth-order valence-electron chi connectivity index (χ4n) is 1.55. The summed E-state index contributed by atoms with van der Waals surface area (Å²) < 4.78 is 10.4. The van der Waals surface area contributed by atoms with Crippen LogP contribution in [0.2, 0.25) is 0 Å². The van der Waals surface area contributed by atoms with Crippen LogP contribution in [0.3, 0.4) is 0 Å². The van der Waals surface area contributed by atoms with E-state index in [1.54, 1.807) is 0 Å². The van der Waals surface area contributed by atoms with Gasteiger partial charge in [0, 0.05) is 6.61 Å². The third-order valence-electron chi connectivity index (χ3n) is 2.53. The van der Waals surface area contributed by atoms with Crippen molar-refractivity contribution in [2.24, 2.45) is 0 Å². The van der Waals surface area contributed by atoms with Gasteiger partial charge in [-0.25, -0.2) is 0 Å². The molecule has 5 nitrogen and oxygen atoms in total. The first kappa shape index (κ1) is 12.9. The number of hydrogen-bond acceptors (Lipinski definition) is 5. The van der Waals surface area contributed by atoms with Crippen molar-refractivity contribution in [3.05, 3.63) is 0 Å². The van der Waals surface area contributed by atoms with Crippen LogP contribution in [0.5, 0.6) is 0 Å². The Balaban J connectivity index is 2.25. The summed E-state index contributed by atoms with van der Waals surface area (Å²) in [4.78, 5) is 0. The molecule has 5 heteroatoms. The first-order valence-corrected chi connectivity index (χ1v) is 5.44. The fraction of sp³-hybridized carbons (Fsp3) is 1.00. The Morgan fingerprint density at radius 2 is 1.93 bits per heavy atom. The molecule has 0 spiro atoms. The highest BCUT2D eigenvalue weighted by Crippen LogP contribution is 2.22. The zero-order chi connectivity index (χ0) is 11.3. The molecule has 0 saturated carbocycles. The first-order valence-electron chi connectivity index (χ1n) is 5.44. The van der Waals surface area contributed by atoms with Gasteiger partial charge in [0.15, 0.2) is 6.29 Å². The van der Waals surface area contributed by atoms with Crippen molar-refractivity contribution in [2.45, 2.75) is 50.8 Å². The SMILES string of the molecule is CCCCCO[C@H]1O[C@H](CO)[C@@H](O)[C@H]1O. The number of rotatable bonds is 6. The second-order valence-electron chi connectivity index (χ2n) is 3.78. The van der Waals surface area contributed by atoms with E-state index in [-0.39, 0.29) is 6.61 Å². The highest BCUT2D eigenvalue weighted by molar-refractivity contribution is 4.86. The van der Waals surface area contributed by atoms with Crippen molar-refractivity contribution < 1.29 is 24.8 Å². The lowest BCUT2D eigenvalue weighted by Crippen LogP contribution is -2.34. The molecule has 3 N–H and O–H groups in total. The summed E-state index contributed by atoms with van der Waals surface area (Å²) in [5, 5.41) is 27.7. The third kappa shape index (κ3) is 3.39. The van der Waals surface area contributed by atoms with Gasteiger partial charge in [0.05, 0.1) is 6.61 Å². The van der Waals surface area contributed by atoms with Crippen molar-refractivity contribution in [1.29, 1.82) is 0 Å². The van der Waals surface area contributed by atoms with Gasteiger partial charge in [-0.2, -0.15) is 0 Å². The van der Waals surface area contributed by atoms with E-state index in [1.165, 1.54) is 0 Å². The van der Waals surface area contributed by atoms with Crippen molar-refractivity contribution in [1.82, 2.24) is 0 Å². The molecule has 0 radical (unpaired) electrons. The molecule has 0 amide bonds. The predicted molar refractivity (Wildman–Crippen MR) is 53.2 cm³/mol. The molecule has 1 rings (SSSR count). The monoisotopic (exact) mass is 220 g/mol. The van der Waals surface area contributed by atoms with E-state index in [9.17, 15) is 10.2 Å². The van der Waals surface area contributed by atoms with E-state index in [1.807, 2.05) is 0 Å². The summed E-state index contributed by atoms with van der Waals surface area (Å²) in [6.07, 6.45) is -0.614. The molecule has 0 aromatic heterocycles. The second kappa shape index (κ2) is 6.40. The third-order valence-corrected chi connectivity index (χ3v) is 2.53. The van der Waals surface area contributed by atoms with Crippen LogP contribution in [0.15, 0.2) is 0 Å². The zero-order valence-corrected chi connectivity index (χ0v) is 9.00. The average molecular weight is 220 g/mol. The van der Waals surface area contributed by atoms with Gasteiger partial charge in [-0.15, -0.1) is 0 Å². The molecule has 0 bridgehead atoms. The number of unbranched alkanes of at least 4 members (excludes halogenated alkanes) is 2. The summed E-state index contributed by atoms with van der Waals surface area (Å²) in [6.45, 7) is 2.28. The van der Waals surface area contributed by atoms with E-state index >= 15 is 0 Å².